The first-order valence-electron chi connectivity index (χ1n) is 7.03. The van der Waals surface area contributed by atoms with E-state index in [-0.39, 0.29) is 23.4 Å². The number of anilines is 1. The molecule has 2 heterocycles. The van der Waals surface area contributed by atoms with Crippen LogP contribution in [0, 0.1) is 12.3 Å². The van der Waals surface area contributed by atoms with Gasteiger partial charge in [0.1, 0.15) is 0 Å². The first-order chi connectivity index (χ1) is 9.29. The van der Waals surface area contributed by atoms with Crippen molar-refractivity contribution in [2.75, 3.05) is 18.4 Å². The largest absolute Gasteiger partial charge is 0.338 e. The van der Waals surface area contributed by atoms with E-state index < -0.39 is 0 Å². The minimum atomic E-state index is -0.216. The van der Waals surface area contributed by atoms with Crippen LogP contribution in [-0.2, 0) is 4.79 Å². The van der Waals surface area contributed by atoms with Gasteiger partial charge in [0, 0.05) is 25.2 Å². The Morgan fingerprint density at radius 2 is 2.35 bits per heavy atom. The highest BCUT2D eigenvalue weighted by Gasteiger charge is 2.36. The molecule has 0 spiro atoms. The maximum atomic E-state index is 12.2. The summed E-state index contributed by atoms with van der Waals surface area (Å²) >= 11 is 0. The van der Waals surface area contributed by atoms with Gasteiger partial charge in [-0.05, 0) is 25.7 Å². The first kappa shape index (κ1) is 15.0. The van der Waals surface area contributed by atoms with Crippen LogP contribution in [0.25, 0.3) is 0 Å². The van der Waals surface area contributed by atoms with E-state index >= 15 is 0 Å². The van der Waals surface area contributed by atoms with Crippen LogP contribution in [0.1, 0.15) is 32.9 Å². The van der Waals surface area contributed by atoms with Gasteiger partial charge < -0.3 is 10.3 Å². The van der Waals surface area contributed by atoms with Crippen molar-refractivity contribution in [3.8, 4) is 0 Å². The maximum Gasteiger partial charge on any atom is 0.243 e. The van der Waals surface area contributed by atoms with E-state index in [1.54, 1.807) is 6.07 Å². The van der Waals surface area contributed by atoms with Crippen LogP contribution in [0.2, 0.25) is 0 Å². The van der Waals surface area contributed by atoms with Crippen molar-refractivity contribution in [3.63, 3.8) is 0 Å². The molecule has 1 aromatic rings. The molecule has 0 bridgehead atoms. The van der Waals surface area contributed by atoms with E-state index in [1.807, 2.05) is 13.8 Å². The second kappa shape index (κ2) is 5.54. The Labute approximate surface area is 119 Å². The summed E-state index contributed by atoms with van der Waals surface area (Å²) in [7, 11) is 0. The molecule has 1 aliphatic rings. The van der Waals surface area contributed by atoms with Crippen LogP contribution < -0.4 is 11.1 Å². The Morgan fingerprint density at radius 3 is 2.90 bits per heavy atom. The molecule has 0 aliphatic carbocycles. The van der Waals surface area contributed by atoms with Gasteiger partial charge in [-0.3, -0.25) is 15.0 Å². The second-order valence-corrected chi connectivity index (χ2v) is 6.35. The number of hydrogen-bond acceptors (Lipinski definition) is 5. The van der Waals surface area contributed by atoms with Crippen LogP contribution in [0.3, 0.4) is 0 Å². The summed E-state index contributed by atoms with van der Waals surface area (Å²) in [5.74, 6) is 0.319. The average molecular weight is 280 g/mol. The normalized spacial score (nSPS) is 24.4. The molecule has 2 atom stereocenters. The third kappa shape index (κ3) is 3.19. The Kier molecular flexibility index (Phi) is 4.15. The molecule has 112 valence electrons. The van der Waals surface area contributed by atoms with Crippen molar-refractivity contribution >= 4 is 11.8 Å². The molecule has 2 rings (SSSR count). The lowest BCUT2D eigenvalue weighted by Gasteiger charge is -2.44. The summed E-state index contributed by atoms with van der Waals surface area (Å²) in [6, 6.07) is 1.68. The molecule has 1 aromatic heterocycles. The lowest BCUT2D eigenvalue weighted by molar-refractivity contribution is -0.122. The van der Waals surface area contributed by atoms with Crippen LogP contribution >= 0.6 is 0 Å². The van der Waals surface area contributed by atoms with E-state index in [0.29, 0.717) is 5.88 Å². The second-order valence-electron chi connectivity index (χ2n) is 6.35. The molecule has 0 aromatic carbocycles. The van der Waals surface area contributed by atoms with Crippen molar-refractivity contribution in [2.24, 2.45) is 11.1 Å². The van der Waals surface area contributed by atoms with Crippen molar-refractivity contribution in [1.82, 2.24) is 10.1 Å². The molecule has 0 saturated carbocycles. The lowest BCUT2D eigenvalue weighted by Crippen LogP contribution is -2.56. The van der Waals surface area contributed by atoms with Crippen LogP contribution in [0.4, 0.5) is 5.88 Å². The highest BCUT2D eigenvalue weighted by atomic mass is 16.5. The summed E-state index contributed by atoms with van der Waals surface area (Å²) in [6.07, 6.45) is 0.909. The van der Waals surface area contributed by atoms with E-state index in [0.717, 1.165) is 25.2 Å². The topological polar surface area (TPSA) is 84.4 Å². The van der Waals surface area contributed by atoms with Gasteiger partial charge in [-0.15, -0.1) is 0 Å². The number of aromatic nitrogens is 1. The number of likely N-dealkylation sites (tertiary alicyclic amines) is 1. The number of carbonyl (C=O) groups is 1. The zero-order chi connectivity index (χ0) is 14.9. The van der Waals surface area contributed by atoms with E-state index in [2.05, 4.69) is 29.2 Å². The molecule has 1 saturated heterocycles. The maximum absolute atomic E-state index is 12.2. The Balaban J connectivity index is 1.97. The molecule has 3 N–H and O–H groups in total. The highest BCUT2D eigenvalue weighted by molar-refractivity contribution is 5.93. The molecular weight excluding hydrogens is 256 g/mol. The van der Waals surface area contributed by atoms with Crippen molar-refractivity contribution in [3.05, 3.63) is 11.8 Å². The van der Waals surface area contributed by atoms with E-state index in [4.69, 9.17) is 10.3 Å². The van der Waals surface area contributed by atoms with Gasteiger partial charge in [0.05, 0.1) is 11.7 Å². The summed E-state index contributed by atoms with van der Waals surface area (Å²) in [5.41, 5.74) is 6.90. The van der Waals surface area contributed by atoms with Gasteiger partial charge in [0.25, 0.3) is 0 Å². The van der Waals surface area contributed by atoms with Gasteiger partial charge in [-0.25, -0.2) is 0 Å². The van der Waals surface area contributed by atoms with Gasteiger partial charge in [-0.2, -0.15) is 0 Å². The quantitative estimate of drug-likeness (QED) is 0.873. The first-order valence-corrected chi connectivity index (χ1v) is 7.03. The number of hydrogen-bond donors (Lipinski definition) is 2. The zero-order valence-electron chi connectivity index (χ0n) is 12.6. The fourth-order valence-electron chi connectivity index (χ4n) is 2.56. The SMILES string of the molecule is Cc1cc(NC(=O)C(C)N2CCC(N)C(C)(C)C2)on1. The molecule has 6 nitrogen and oxygen atoms in total. The summed E-state index contributed by atoms with van der Waals surface area (Å²) < 4.78 is 5.01. The van der Waals surface area contributed by atoms with Gasteiger partial charge >= 0.3 is 0 Å². The van der Waals surface area contributed by atoms with Crippen LogP contribution in [-0.4, -0.2) is 41.1 Å². The fraction of sp³-hybridized carbons (Fsp3) is 0.714. The van der Waals surface area contributed by atoms with Gasteiger partial charge in [0.2, 0.25) is 11.8 Å². The van der Waals surface area contributed by atoms with Gasteiger partial charge in [-0.1, -0.05) is 19.0 Å². The number of nitrogens with one attached hydrogen (secondary N) is 1. The standard InChI is InChI=1S/C14H24N4O2/c1-9-7-12(20-17-9)16-13(19)10(2)18-6-5-11(15)14(3,4)8-18/h7,10-11H,5-6,8,15H2,1-4H3,(H,16,19). The van der Waals surface area contributed by atoms with Crippen LogP contribution in [0.15, 0.2) is 10.6 Å². The number of rotatable bonds is 3. The number of aryl methyl sites for hydroxylation is 1. The Bertz CT molecular complexity index is 483. The van der Waals surface area contributed by atoms with Crippen LogP contribution in [0.5, 0.6) is 0 Å². The molecule has 1 amide bonds. The van der Waals surface area contributed by atoms with Gasteiger partial charge in [0.15, 0.2) is 0 Å². The smallest absolute Gasteiger partial charge is 0.243 e. The minimum absolute atomic E-state index is 0.0234. The third-order valence-electron chi connectivity index (χ3n) is 4.14. The summed E-state index contributed by atoms with van der Waals surface area (Å²) in [5, 5.41) is 6.51. The predicted octanol–water partition coefficient (Wildman–Crippen LogP) is 1.37. The number of piperidine rings is 1. The zero-order valence-corrected chi connectivity index (χ0v) is 12.6. The van der Waals surface area contributed by atoms with E-state index in [1.165, 1.54) is 0 Å². The average Bonchev–Trinajstić information content (AvgIpc) is 2.77. The highest BCUT2D eigenvalue weighted by Crippen LogP contribution is 2.29. The molecule has 0 radical (unpaired) electrons. The number of carbonyl (C=O) groups excluding carboxylic acids is 1. The molecule has 6 heteroatoms. The Morgan fingerprint density at radius 1 is 1.65 bits per heavy atom. The van der Waals surface area contributed by atoms with Crippen molar-refractivity contribution in [2.45, 2.75) is 46.2 Å². The Hall–Kier alpha value is -1.40. The lowest BCUT2D eigenvalue weighted by atomic mass is 9.79. The molecule has 2 unspecified atom stereocenters. The van der Waals surface area contributed by atoms with Crippen molar-refractivity contribution < 1.29 is 9.32 Å². The summed E-state index contributed by atoms with van der Waals surface area (Å²) in [6.45, 7) is 9.68. The number of nitrogens with zero attached hydrogens (tertiary/aromatic N) is 2. The third-order valence-corrected chi connectivity index (χ3v) is 4.14. The predicted molar refractivity (Wildman–Crippen MR) is 77.3 cm³/mol. The number of nitrogens with two attached hydrogens (primary N) is 1. The minimum Gasteiger partial charge on any atom is -0.338 e. The molecular formula is C14H24N4O2. The molecule has 1 fully saturated rings. The fourth-order valence-corrected chi connectivity index (χ4v) is 2.56. The molecule has 20 heavy (non-hydrogen) atoms. The summed E-state index contributed by atoms with van der Waals surface area (Å²) in [4.78, 5) is 14.4. The number of amides is 1. The monoisotopic (exact) mass is 280 g/mol. The van der Waals surface area contributed by atoms with E-state index in [9.17, 15) is 4.79 Å². The molecule has 1 aliphatic heterocycles. The van der Waals surface area contributed by atoms with Crippen molar-refractivity contribution in [1.29, 1.82) is 0 Å².